The molecule has 12 heteroatoms. The zero-order valence-corrected chi connectivity index (χ0v) is 20.4. The largest absolute Gasteiger partial charge is 0.497 e. The third-order valence-electron chi connectivity index (χ3n) is 5.86. The normalized spacial score (nSPS) is 24.1. The van der Waals surface area contributed by atoms with E-state index in [0.29, 0.717) is 18.8 Å². The summed E-state index contributed by atoms with van der Waals surface area (Å²) in [6.07, 6.45) is -2.37. The smallest absolute Gasteiger partial charge is 0.407 e. The minimum atomic E-state index is -3.95. The van der Waals surface area contributed by atoms with Crippen LogP contribution in [0.3, 0.4) is 0 Å². The average molecular weight is 503 g/mol. The number of carbonyl (C=O) groups excluding carboxylic acids is 1. The summed E-state index contributed by atoms with van der Waals surface area (Å²) in [4.78, 5) is 12.5. The second-order valence-electron chi connectivity index (χ2n) is 8.86. The number of sulfonamides is 1. The molecule has 11 nitrogen and oxygen atoms in total. The fourth-order valence-corrected chi connectivity index (χ4v) is 5.67. The van der Waals surface area contributed by atoms with E-state index in [1.807, 2.05) is 13.8 Å². The predicted molar refractivity (Wildman–Crippen MR) is 121 cm³/mol. The van der Waals surface area contributed by atoms with Crippen molar-refractivity contribution in [3.63, 3.8) is 0 Å². The van der Waals surface area contributed by atoms with Crippen LogP contribution in [0.1, 0.15) is 20.3 Å². The predicted octanol–water partition coefficient (Wildman–Crippen LogP) is 0.551. The standard InChI is InChI=1S/C22H34N2O9S/c1-14(2)10-24(34(28,29)16-6-4-15(30-3)5-7-16)11-19(26)18(12-25)23-22(27)33-20-13-32-21-17(20)8-9-31-21/h4-7,14,17-21,25-26H,8-13H2,1-3H3,(H,23,27)/t17-,18-,19+,20-,21+/m0/s1. The van der Waals surface area contributed by atoms with Crippen molar-refractivity contribution in [3.05, 3.63) is 24.3 Å². The Morgan fingerprint density at radius 2 is 1.94 bits per heavy atom. The lowest BCUT2D eigenvalue weighted by Crippen LogP contribution is -2.52. The minimum Gasteiger partial charge on any atom is -0.497 e. The van der Waals surface area contributed by atoms with Crippen LogP contribution in [0.15, 0.2) is 29.2 Å². The summed E-state index contributed by atoms with van der Waals surface area (Å²) >= 11 is 0. The maximum atomic E-state index is 13.2. The molecule has 2 heterocycles. The highest BCUT2D eigenvalue weighted by Gasteiger charge is 2.44. The number of aliphatic hydroxyl groups excluding tert-OH is 2. The zero-order valence-electron chi connectivity index (χ0n) is 19.6. The van der Waals surface area contributed by atoms with E-state index in [4.69, 9.17) is 18.9 Å². The van der Waals surface area contributed by atoms with Crippen molar-refractivity contribution in [2.45, 2.75) is 49.7 Å². The Hall–Kier alpha value is -1.96. The number of carbonyl (C=O) groups is 1. The third-order valence-corrected chi connectivity index (χ3v) is 7.71. The van der Waals surface area contributed by atoms with Gasteiger partial charge in [0.25, 0.3) is 0 Å². The molecule has 3 rings (SSSR count). The first-order chi connectivity index (χ1) is 16.1. The molecular weight excluding hydrogens is 468 g/mol. The maximum absolute atomic E-state index is 13.2. The SMILES string of the molecule is COc1ccc(S(=O)(=O)N(CC(C)C)C[C@@H](O)[C@H](CO)NC(=O)O[C@H]2CO[C@H]3OCC[C@H]32)cc1. The molecule has 34 heavy (non-hydrogen) atoms. The van der Waals surface area contributed by atoms with Crippen LogP contribution in [0.5, 0.6) is 5.75 Å². The first-order valence-electron chi connectivity index (χ1n) is 11.3. The summed E-state index contributed by atoms with van der Waals surface area (Å²) in [6.45, 7) is 3.64. The second kappa shape index (κ2) is 11.6. The summed E-state index contributed by atoms with van der Waals surface area (Å²) in [6, 6.07) is 4.80. The van der Waals surface area contributed by atoms with Gasteiger partial charge < -0.3 is 34.5 Å². The minimum absolute atomic E-state index is 0.0327. The van der Waals surface area contributed by atoms with Gasteiger partial charge >= 0.3 is 6.09 Å². The molecule has 0 aromatic heterocycles. The third kappa shape index (κ3) is 6.37. The van der Waals surface area contributed by atoms with E-state index in [9.17, 15) is 23.4 Å². The van der Waals surface area contributed by atoms with Crippen LogP contribution in [0.2, 0.25) is 0 Å². The number of hydrogen-bond donors (Lipinski definition) is 3. The van der Waals surface area contributed by atoms with Crippen molar-refractivity contribution in [3.8, 4) is 5.75 Å². The monoisotopic (exact) mass is 502 g/mol. The Labute approximate surface area is 200 Å². The van der Waals surface area contributed by atoms with Gasteiger partial charge in [0.1, 0.15) is 11.9 Å². The molecule has 2 aliphatic rings. The molecule has 0 radical (unpaired) electrons. The fourth-order valence-electron chi connectivity index (χ4n) is 4.04. The molecule has 0 aliphatic carbocycles. The lowest BCUT2D eigenvalue weighted by molar-refractivity contribution is -0.0907. The Morgan fingerprint density at radius 1 is 1.24 bits per heavy atom. The molecule has 0 unspecified atom stereocenters. The molecule has 1 aromatic carbocycles. The first-order valence-corrected chi connectivity index (χ1v) is 12.7. The van der Waals surface area contributed by atoms with Crippen LogP contribution in [0.25, 0.3) is 0 Å². The summed E-state index contributed by atoms with van der Waals surface area (Å²) < 4.78 is 49.0. The van der Waals surface area contributed by atoms with Gasteiger partial charge in [0.2, 0.25) is 10.0 Å². The number of aliphatic hydroxyl groups is 2. The highest BCUT2D eigenvalue weighted by molar-refractivity contribution is 7.89. The van der Waals surface area contributed by atoms with Crippen LogP contribution in [-0.2, 0) is 24.2 Å². The highest BCUT2D eigenvalue weighted by Crippen LogP contribution is 2.33. The van der Waals surface area contributed by atoms with E-state index < -0.39 is 41.0 Å². The number of ether oxygens (including phenoxy) is 4. The molecule has 2 fully saturated rings. The Kier molecular flexibility index (Phi) is 9.13. The maximum Gasteiger partial charge on any atom is 0.407 e. The van der Waals surface area contributed by atoms with E-state index in [0.717, 1.165) is 4.31 Å². The number of hydrogen-bond acceptors (Lipinski definition) is 9. The van der Waals surface area contributed by atoms with Crippen LogP contribution in [0, 0.1) is 11.8 Å². The number of fused-ring (bicyclic) bond motifs is 1. The molecule has 192 valence electrons. The number of nitrogens with zero attached hydrogens (tertiary/aromatic N) is 1. The number of nitrogens with one attached hydrogen (secondary N) is 1. The number of rotatable bonds is 11. The van der Waals surface area contributed by atoms with E-state index in [2.05, 4.69) is 5.32 Å². The summed E-state index contributed by atoms with van der Waals surface area (Å²) in [5.41, 5.74) is 0. The van der Waals surface area contributed by atoms with Gasteiger partial charge in [0.05, 0.1) is 49.9 Å². The molecule has 2 saturated heterocycles. The number of amides is 1. The van der Waals surface area contributed by atoms with Gasteiger partial charge in [0.15, 0.2) is 6.29 Å². The average Bonchev–Trinajstić information content (AvgIpc) is 3.42. The van der Waals surface area contributed by atoms with E-state index >= 15 is 0 Å². The topological polar surface area (TPSA) is 144 Å². The number of benzene rings is 1. The molecule has 3 N–H and O–H groups in total. The fraction of sp³-hybridized carbons (Fsp3) is 0.682. The van der Waals surface area contributed by atoms with Crippen LogP contribution in [-0.4, -0.2) is 93.6 Å². The van der Waals surface area contributed by atoms with Crippen molar-refractivity contribution in [1.29, 1.82) is 0 Å². The molecule has 1 aromatic rings. The molecule has 0 spiro atoms. The van der Waals surface area contributed by atoms with Crippen molar-refractivity contribution in [2.75, 3.05) is 40.0 Å². The quantitative estimate of drug-likeness (QED) is 0.395. The van der Waals surface area contributed by atoms with Crippen LogP contribution < -0.4 is 10.1 Å². The summed E-state index contributed by atoms with van der Waals surface area (Å²) in [5.74, 6) is 0.426. The number of alkyl carbamates (subject to hydrolysis) is 1. The van der Waals surface area contributed by atoms with Crippen molar-refractivity contribution < 1.29 is 42.4 Å². The Balaban J connectivity index is 1.65. The molecule has 0 saturated carbocycles. The zero-order chi connectivity index (χ0) is 24.9. The van der Waals surface area contributed by atoms with Crippen LogP contribution >= 0.6 is 0 Å². The van der Waals surface area contributed by atoms with E-state index in [-0.39, 0.29) is 42.7 Å². The van der Waals surface area contributed by atoms with Crippen molar-refractivity contribution >= 4 is 16.1 Å². The van der Waals surface area contributed by atoms with E-state index in [1.165, 1.54) is 31.4 Å². The molecule has 5 atom stereocenters. The molecule has 0 bridgehead atoms. The Bertz CT molecular complexity index is 909. The van der Waals surface area contributed by atoms with Gasteiger partial charge in [-0.15, -0.1) is 0 Å². The Morgan fingerprint density at radius 3 is 2.56 bits per heavy atom. The van der Waals surface area contributed by atoms with Crippen molar-refractivity contribution in [2.24, 2.45) is 11.8 Å². The summed E-state index contributed by atoms with van der Waals surface area (Å²) in [5, 5.41) is 23.0. The highest BCUT2D eigenvalue weighted by atomic mass is 32.2. The van der Waals surface area contributed by atoms with Gasteiger partial charge in [-0.05, 0) is 36.6 Å². The molecular formula is C22H34N2O9S. The lowest BCUT2D eigenvalue weighted by atomic mass is 10.0. The van der Waals surface area contributed by atoms with Gasteiger partial charge in [-0.1, -0.05) is 13.8 Å². The van der Waals surface area contributed by atoms with Crippen molar-refractivity contribution in [1.82, 2.24) is 9.62 Å². The van der Waals surface area contributed by atoms with Gasteiger partial charge in [-0.3, -0.25) is 0 Å². The first kappa shape index (κ1) is 26.6. The summed E-state index contributed by atoms with van der Waals surface area (Å²) in [7, 11) is -2.47. The lowest BCUT2D eigenvalue weighted by Gasteiger charge is -2.30. The van der Waals surface area contributed by atoms with E-state index in [1.54, 1.807) is 0 Å². The molecule has 2 aliphatic heterocycles. The van der Waals surface area contributed by atoms with Crippen LogP contribution in [0.4, 0.5) is 4.79 Å². The van der Waals surface area contributed by atoms with Gasteiger partial charge in [-0.2, -0.15) is 4.31 Å². The number of methoxy groups -OCH3 is 1. The van der Waals surface area contributed by atoms with Gasteiger partial charge in [-0.25, -0.2) is 13.2 Å². The second-order valence-corrected chi connectivity index (χ2v) is 10.8. The molecule has 1 amide bonds. The van der Waals surface area contributed by atoms with Gasteiger partial charge in [0, 0.05) is 13.1 Å².